The molecule has 0 bridgehead atoms. The molecule has 1 aromatic carbocycles. The van der Waals surface area contributed by atoms with Gasteiger partial charge < -0.3 is 20.1 Å². The lowest BCUT2D eigenvalue weighted by Gasteiger charge is -2.27. The monoisotopic (exact) mass is 318 g/mol. The highest BCUT2D eigenvalue weighted by Crippen LogP contribution is 2.23. The molecule has 6 heteroatoms. The SMILES string of the molecule is O=C(CC1CCCCO1)Nc1ccc2c(c1)CCN(C(=O)O)C2. The van der Waals surface area contributed by atoms with Gasteiger partial charge in [-0.2, -0.15) is 0 Å². The van der Waals surface area contributed by atoms with E-state index in [1.807, 2.05) is 18.2 Å². The third-order valence-electron chi connectivity index (χ3n) is 4.46. The van der Waals surface area contributed by atoms with Gasteiger partial charge >= 0.3 is 6.09 Å². The van der Waals surface area contributed by atoms with Crippen molar-refractivity contribution in [2.75, 3.05) is 18.5 Å². The van der Waals surface area contributed by atoms with Crippen molar-refractivity contribution in [3.05, 3.63) is 29.3 Å². The standard InChI is InChI=1S/C17H22N2O4/c20-16(10-15-3-1-2-8-23-15)18-14-5-4-13-11-19(17(21)22)7-6-12(13)9-14/h4-5,9,15H,1-3,6-8,10-11H2,(H,18,20)(H,21,22). The van der Waals surface area contributed by atoms with Crippen molar-refractivity contribution >= 4 is 17.7 Å². The number of hydrogen-bond acceptors (Lipinski definition) is 3. The summed E-state index contributed by atoms with van der Waals surface area (Å²) in [6.07, 6.45) is 3.36. The predicted molar refractivity (Wildman–Crippen MR) is 85.4 cm³/mol. The average molecular weight is 318 g/mol. The largest absolute Gasteiger partial charge is 0.465 e. The van der Waals surface area contributed by atoms with E-state index in [0.717, 1.165) is 42.7 Å². The van der Waals surface area contributed by atoms with Crippen LogP contribution < -0.4 is 5.32 Å². The Bertz CT molecular complexity index is 596. The second-order valence-electron chi connectivity index (χ2n) is 6.18. The maximum Gasteiger partial charge on any atom is 0.407 e. The number of anilines is 1. The summed E-state index contributed by atoms with van der Waals surface area (Å²) in [6.45, 7) is 1.65. The lowest BCUT2D eigenvalue weighted by molar-refractivity contribution is -0.119. The first-order valence-electron chi connectivity index (χ1n) is 8.13. The number of carbonyl (C=O) groups excluding carboxylic acids is 1. The molecule has 0 radical (unpaired) electrons. The molecule has 0 spiro atoms. The van der Waals surface area contributed by atoms with Gasteiger partial charge in [-0.1, -0.05) is 6.07 Å². The van der Waals surface area contributed by atoms with Gasteiger partial charge in [0.25, 0.3) is 0 Å². The minimum absolute atomic E-state index is 0.0279. The summed E-state index contributed by atoms with van der Waals surface area (Å²) in [5.74, 6) is -0.0279. The highest BCUT2D eigenvalue weighted by molar-refractivity contribution is 5.91. The number of carboxylic acid groups (broad SMARTS) is 1. The number of benzene rings is 1. The van der Waals surface area contributed by atoms with Crippen LogP contribution in [0.4, 0.5) is 10.5 Å². The van der Waals surface area contributed by atoms with E-state index in [2.05, 4.69) is 5.32 Å². The molecule has 1 aromatic rings. The van der Waals surface area contributed by atoms with Crippen LogP contribution in [0, 0.1) is 0 Å². The fourth-order valence-electron chi connectivity index (χ4n) is 3.18. The van der Waals surface area contributed by atoms with E-state index in [0.29, 0.717) is 25.9 Å². The Morgan fingerprint density at radius 2 is 2.17 bits per heavy atom. The van der Waals surface area contributed by atoms with Gasteiger partial charge in [-0.25, -0.2) is 4.79 Å². The molecule has 1 unspecified atom stereocenters. The third kappa shape index (κ3) is 4.01. The molecule has 2 aliphatic heterocycles. The van der Waals surface area contributed by atoms with Gasteiger partial charge in [-0.05, 0) is 48.9 Å². The normalized spacial score (nSPS) is 20.7. The number of nitrogens with zero attached hydrogens (tertiary/aromatic N) is 1. The Morgan fingerprint density at radius 3 is 2.91 bits per heavy atom. The molecular formula is C17H22N2O4. The van der Waals surface area contributed by atoms with E-state index in [1.54, 1.807) is 0 Å². The van der Waals surface area contributed by atoms with E-state index in [9.17, 15) is 9.59 Å². The first-order chi connectivity index (χ1) is 11.1. The Labute approximate surface area is 135 Å². The molecule has 0 aromatic heterocycles. The zero-order valence-electron chi connectivity index (χ0n) is 13.1. The summed E-state index contributed by atoms with van der Waals surface area (Å²) in [5, 5.41) is 12.0. The van der Waals surface area contributed by atoms with E-state index in [4.69, 9.17) is 9.84 Å². The van der Waals surface area contributed by atoms with Crippen molar-refractivity contribution in [2.24, 2.45) is 0 Å². The number of nitrogens with one attached hydrogen (secondary N) is 1. The summed E-state index contributed by atoms with van der Waals surface area (Å²) < 4.78 is 5.59. The van der Waals surface area contributed by atoms with Gasteiger partial charge in [-0.3, -0.25) is 4.79 Å². The van der Waals surface area contributed by atoms with Crippen LogP contribution in [0.15, 0.2) is 18.2 Å². The first kappa shape index (κ1) is 15.8. The molecule has 2 amide bonds. The van der Waals surface area contributed by atoms with Crippen LogP contribution >= 0.6 is 0 Å². The lowest BCUT2D eigenvalue weighted by Crippen LogP contribution is -2.34. The summed E-state index contributed by atoms with van der Waals surface area (Å²) in [4.78, 5) is 24.5. The van der Waals surface area contributed by atoms with Crippen molar-refractivity contribution in [3.8, 4) is 0 Å². The van der Waals surface area contributed by atoms with Crippen molar-refractivity contribution in [2.45, 2.75) is 44.8 Å². The van der Waals surface area contributed by atoms with E-state index < -0.39 is 6.09 Å². The first-order valence-corrected chi connectivity index (χ1v) is 8.13. The van der Waals surface area contributed by atoms with E-state index in [-0.39, 0.29) is 12.0 Å². The topological polar surface area (TPSA) is 78.9 Å². The molecule has 124 valence electrons. The Balaban J connectivity index is 1.59. The maximum absolute atomic E-state index is 12.1. The molecule has 6 nitrogen and oxygen atoms in total. The van der Waals surface area contributed by atoms with E-state index in [1.165, 1.54) is 4.90 Å². The molecule has 1 saturated heterocycles. The molecular weight excluding hydrogens is 296 g/mol. The average Bonchev–Trinajstić information content (AvgIpc) is 2.55. The Kier molecular flexibility index (Phi) is 4.81. The number of fused-ring (bicyclic) bond motifs is 1. The van der Waals surface area contributed by atoms with Gasteiger partial charge in [0.1, 0.15) is 0 Å². The van der Waals surface area contributed by atoms with Gasteiger partial charge in [-0.15, -0.1) is 0 Å². The molecule has 3 rings (SSSR count). The highest BCUT2D eigenvalue weighted by Gasteiger charge is 2.21. The molecule has 0 saturated carbocycles. The lowest BCUT2D eigenvalue weighted by atomic mass is 9.99. The summed E-state index contributed by atoms with van der Waals surface area (Å²) in [6, 6.07) is 5.69. The molecule has 0 aliphatic carbocycles. The molecule has 1 fully saturated rings. The van der Waals surface area contributed by atoms with Crippen LogP contribution in [0.3, 0.4) is 0 Å². The van der Waals surface area contributed by atoms with Gasteiger partial charge in [0, 0.05) is 25.4 Å². The fraction of sp³-hybridized carbons (Fsp3) is 0.529. The number of carbonyl (C=O) groups is 2. The number of hydrogen-bond donors (Lipinski definition) is 2. The minimum Gasteiger partial charge on any atom is -0.465 e. The van der Waals surface area contributed by atoms with Gasteiger partial charge in [0.15, 0.2) is 0 Å². The van der Waals surface area contributed by atoms with Crippen LogP contribution in [0.5, 0.6) is 0 Å². The summed E-state index contributed by atoms with van der Waals surface area (Å²) in [5.41, 5.74) is 2.88. The van der Waals surface area contributed by atoms with Crippen LogP contribution in [-0.4, -0.2) is 41.3 Å². The quantitative estimate of drug-likeness (QED) is 0.898. The number of ether oxygens (including phenoxy) is 1. The second-order valence-corrected chi connectivity index (χ2v) is 6.18. The Hall–Kier alpha value is -2.08. The number of rotatable bonds is 3. The Morgan fingerprint density at radius 1 is 1.30 bits per heavy atom. The van der Waals surface area contributed by atoms with Crippen molar-refractivity contribution in [1.82, 2.24) is 4.90 Å². The molecule has 1 atom stereocenters. The number of amides is 2. The summed E-state index contributed by atoms with van der Waals surface area (Å²) >= 11 is 0. The smallest absolute Gasteiger partial charge is 0.407 e. The summed E-state index contributed by atoms with van der Waals surface area (Å²) in [7, 11) is 0. The van der Waals surface area contributed by atoms with Crippen molar-refractivity contribution < 1.29 is 19.4 Å². The zero-order valence-corrected chi connectivity index (χ0v) is 13.1. The van der Waals surface area contributed by atoms with Gasteiger partial charge in [0.05, 0.1) is 12.5 Å². The zero-order chi connectivity index (χ0) is 16.2. The van der Waals surface area contributed by atoms with Crippen LogP contribution in [0.1, 0.15) is 36.8 Å². The fourth-order valence-corrected chi connectivity index (χ4v) is 3.18. The third-order valence-corrected chi connectivity index (χ3v) is 4.46. The molecule has 2 N–H and O–H groups in total. The van der Waals surface area contributed by atoms with Crippen molar-refractivity contribution in [1.29, 1.82) is 0 Å². The van der Waals surface area contributed by atoms with Crippen LogP contribution in [-0.2, 0) is 22.5 Å². The second kappa shape index (κ2) is 7.00. The molecule has 2 heterocycles. The highest BCUT2D eigenvalue weighted by atomic mass is 16.5. The van der Waals surface area contributed by atoms with E-state index >= 15 is 0 Å². The van der Waals surface area contributed by atoms with Crippen LogP contribution in [0.2, 0.25) is 0 Å². The molecule has 23 heavy (non-hydrogen) atoms. The van der Waals surface area contributed by atoms with Crippen molar-refractivity contribution in [3.63, 3.8) is 0 Å². The minimum atomic E-state index is -0.888. The predicted octanol–water partition coefficient (Wildman–Crippen LogP) is 2.62. The van der Waals surface area contributed by atoms with Gasteiger partial charge in [0.2, 0.25) is 5.91 Å². The molecule has 2 aliphatic rings. The maximum atomic E-state index is 12.1. The van der Waals surface area contributed by atoms with Crippen LogP contribution in [0.25, 0.3) is 0 Å².